The standard InChI is InChI=1S/C18H28O6/c1-10-13-14(23-17(5,6)22-13)24-18(10)11(19)8-7-9-12(18)21-15(20)16(2,3)4/h7-8,10-14,19H,9H2,1-6H3/t10-,11-,12+,13?,14?,18?/m1/s1. The van der Waals surface area contributed by atoms with E-state index in [1.807, 2.05) is 26.8 Å². The molecule has 1 N–H and O–H groups in total. The molecule has 2 heterocycles. The number of hydrogen-bond donors (Lipinski definition) is 1. The fraction of sp³-hybridized carbons (Fsp3) is 0.833. The Balaban J connectivity index is 1.89. The van der Waals surface area contributed by atoms with Crippen LogP contribution in [-0.2, 0) is 23.7 Å². The van der Waals surface area contributed by atoms with Crippen molar-refractivity contribution in [1.29, 1.82) is 0 Å². The number of ether oxygens (including phenoxy) is 4. The third-order valence-electron chi connectivity index (χ3n) is 5.11. The second-order valence-electron chi connectivity index (χ2n) is 8.48. The first-order valence-corrected chi connectivity index (χ1v) is 8.56. The summed E-state index contributed by atoms with van der Waals surface area (Å²) in [7, 11) is 0. The SMILES string of the molecule is C[C@@H]1C2OC(C)(C)OC2OC12[C@H](O)C=CC[C@@H]2OC(=O)C(C)(C)C. The van der Waals surface area contributed by atoms with Crippen LogP contribution in [0.15, 0.2) is 12.2 Å². The molecule has 6 atom stereocenters. The van der Waals surface area contributed by atoms with E-state index in [0.717, 1.165) is 0 Å². The fourth-order valence-corrected chi connectivity index (χ4v) is 3.76. The molecule has 136 valence electrons. The molecule has 0 saturated carbocycles. The van der Waals surface area contributed by atoms with E-state index < -0.39 is 35.3 Å². The van der Waals surface area contributed by atoms with Gasteiger partial charge in [0, 0.05) is 12.3 Å². The van der Waals surface area contributed by atoms with Gasteiger partial charge in [-0.05, 0) is 34.6 Å². The van der Waals surface area contributed by atoms with Crippen LogP contribution in [0.3, 0.4) is 0 Å². The molecule has 6 nitrogen and oxygen atoms in total. The molecule has 3 aliphatic rings. The number of carbonyl (C=O) groups is 1. The highest BCUT2D eigenvalue weighted by Gasteiger charge is 2.66. The van der Waals surface area contributed by atoms with Crippen LogP contribution in [-0.4, -0.2) is 47.1 Å². The second-order valence-corrected chi connectivity index (χ2v) is 8.48. The smallest absolute Gasteiger partial charge is 0.311 e. The molecule has 0 aromatic carbocycles. The van der Waals surface area contributed by atoms with Crippen LogP contribution in [0.5, 0.6) is 0 Å². The van der Waals surface area contributed by atoms with Crippen LogP contribution < -0.4 is 0 Å². The van der Waals surface area contributed by atoms with E-state index in [2.05, 4.69) is 0 Å². The molecule has 1 spiro atoms. The van der Waals surface area contributed by atoms with Crippen molar-refractivity contribution >= 4 is 5.97 Å². The highest BCUT2D eigenvalue weighted by molar-refractivity contribution is 5.75. The van der Waals surface area contributed by atoms with Crippen LogP contribution in [0, 0.1) is 11.3 Å². The number of fused-ring (bicyclic) bond motifs is 1. The molecule has 2 saturated heterocycles. The maximum atomic E-state index is 12.4. The number of carbonyl (C=O) groups excluding carboxylic acids is 1. The zero-order valence-corrected chi connectivity index (χ0v) is 15.2. The zero-order chi connectivity index (χ0) is 17.9. The van der Waals surface area contributed by atoms with Crippen LogP contribution in [0.25, 0.3) is 0 Å². The largest absolute Gasteiger partial charge is 0.458 e. The van der Waals surface area contributed by atoms with Gasteiger partial charge in [0.25, 0.3) is 0 Å². The van der Waals surface area contributed by atoms with Gasteiger partial charge in [0.15, 0.2) is 12.1 Å². The Bertz CT molecular complexity index is 548. The Morgan fingerprint density at radius 2 is 1.92 bits per heavy atom. The van der Waals surface area contributed by atoms with E-state index in [1.54, 1.807) is 26.8 Å². The van der Waals surface area contributed by atoms with Gasteiger partial charge in [-0.3, -0.25) is 4.79 Å². The first-order valence-electron chi connectivity index (χ1n) is 8.56. The monoisotopic (exact) mass is 340 g/mol. The molecule has 2 fully saturated rings. The summed E-state index contributed by atoms with van der Waals surface area (Å²) in [4.78, 5) is 12.4. The molecular formula is C18H28O6. The lowest BCUT2D eigenvalue weighted by Gasteiger charge is -2.45. The molecular weight excluding hydrogens is 312 g/mol. The maximum absolute atomic E-state index is 12.4. The van der Waals surface area contributed by atoms with Gasteiger partial charge in [-0.2, -0.15) is 0 Å². The summed E-state index contributed by atoms with van der Waals surface area (Å²) in [6, 6.07) is 0. The van der Waals surface area contributed by atoms with Crippen molar-refractivity contribution in [1.82, 2.24) is 0 Å². The first-order chi connectivity index (χ1) is 11.0. The van der Waals surface area contributed by atoms with Crippen molar-refractivity contribution in [2.75, 3.05) is 0 Å². The van der Waals surface area contributed by atoms with E-state index >= 15 is 0 Å². The van der Waals surface area contributed by atoms with Crippen LogP contribution in [0.2, 0.25) is 0 Å². The Hall–Kier alpha value is -0.950. The number of esters is 1. The molecule has 3 rings (SSSR count). The second kappa shape index (κ2) is 5.53. The molecule has 0 aromatic heterocycles. The lowest BCUT2D eigenvalue weighted by atomic mass is 9.74. The quantitative estimate of drug-likeness (QED) is 0.582. The van der Waals surface area contributed by atoms with Gasteiger partial charge >= 0.3 is 5.97 Å². The van der Waals surface area contributed by atoms with Crippen molar-refractivity contribution in [3.63, 3.8) is 0 Å². The van der Waals surface area contributed by atoms with Crippen LogP contribution in [0.4, 0.5) is 0 Å². The Morgan fingerprint density at radius 3 is 2.50 bits per heavy atom. The average molecular weight is 340 g/mol. The van der Waals surface area contributed by atoms with Gasteiger partial charge in [-0.25, -0.2) is 0 Å². The predicted octanol–water partition coefficient (Wildman–Crippen LogP) is 2.15. The lowest BCUT2D eigenvalue weighted by Crippen LogP contribution is -2.59. The summed E-state index contributed by atoms with van der Waals surface area (Å²) < 4.78 is 23.7. The highest BCUT2D eigenvalue weighted by atomic mass is 16.8. The zero-order valence-electron chi connectivity index (χ0n) is 15.2. The van der Waals surface area contributed by atoms with Gasteiger partial charge < -0.3 is 24.1 Å². The van der Waals surface area contributed by atoms with Crippen molar-refractivity contribution < 1.29 is 28.8 Å². The van der Waals surface area contributed by atoms with Gasteiger partial charge in [0.05, 0.1) is 5.41 Å². The average Bonchev–Trinajstić information content (AvgIpc) is 2.87. The van der Waals surface area contributed by atoms with Crippen molar-refractivity contribution in [3.8, 4) is 0 Å². The number of hydrogen-bond acceptors (Lipinski definition) is 6. The fourth-order valence-electron chi connectivity index (χ4n) is 3.76. The van der Waals surface area contributed by atoms with Crippen molar-refractivity contribution in [2.24, 2.45) is 11.3 Å². The Morgan fingerprint density at radius 1 is 1.25 bits per heavy atom. The van der Waals surface area contributed by atoms with Crippen LogP contribution in [0.1, 0.15) is 48.0 Å². The molecule has 0 radical (unpaired) electrons. The van der Waals surface area contributed by atoms with E-state index in [4.69, 9.17) is 18.9 Å². The van der Waals surface area contributed by atoms with Crippen molar-refractivity contribution in [3.05, 3.63) is 12.2 Å². The van der Waals surface area contributed by atoms with E-state index in [1.165, 1.54) is 0 Å². The van der Waals surface area contributed by atoms with Gasteiger partial charge in [0.2, 0.25) is 0 Å². The Kier molecular flexibility index (Phi) is 4.11. The minimum absolute atomic E-state index is 0.193. The summed E-state index contributed by atoms with van der Waals surface area (Å²) >= 11 is 0. The molecule has 2 aliphatic heterocycles. The minimum atomic E-state index is -1.05. The van der Waals surface area contributed by atoms with Gasteiger partial charge in [-0.15, -0.1) is 0 Å². The summed E-state index contributed by atoms with van der Waals surface area (Å²) in [5.74, 6) is -1.23. The first kappa shape index (κ1) is 17.9. The highest BCUT2D eigenvalue weighted by Crippen LogP contribution is 2.51. The molecule has 24 heavy (non-hydrogen) atoms. The summed E-state index contributed by atoms with van der Waals surface area (Å²) in [5, 5.41) is 10.7. The van der Waals surface area contributed by atoms with Gasteiger partial charge in [0.1, 0.15) is 23.9 Å². The predicted molar refractivity (Wildman–Crippen MR) is 85.9 cm³/mol. The number of rotatable bonds is 1. The summed E-state index contributed by atoms with van der Waals surface area (Å²) in [5.41, 5.74) is -1.68. The Labute approximate surface area is 143 Å². The topological polar surface area (TPSA) is 74.2 Å². The summed E-state index contributed by atoms with van der Waals surface area (Å²) in [6.07, 6.45) is 1.66. The third kappa shape index (κ3) is 2.69. The minimum Gasteiger partial charge on any atom is -0.458 e. The molecule has 0 amide bonds. The third-order valence-corrected chi connectivity index (χ3v) is 5.11. The van der Waals surface area contributed by atoms with E-state index in [9.17, 15) is 9.90 Å². The van der Waals surface area contributed by atoms with Crippen LogP contribution >= 0.6 is 0 Å². The molecule has 3 unspecified atom stereocenters. The molecule has 1 aliphatic carbocycles. The summed E-state index contributed by atoms with van der Waals surface area (Å²) in [6.45, 7) is 11.0. The number of aliphatic hydroxyl groups excluding tert-OH is 1. The normalized spacial score (nSPS) is 43.9. The van der Waals surface area contributed by atoms with E-state index in [0.29, 0.717) is 6.42 Å². The molecule has 6 heteroatoms. The van der Waals surface area contributed by atoms with Gasteiger partial charge in [-0.1, -0.05) is 19.1 Å². The van der Waals surface area contributed by atoms with E-state index in [-0.39, 0.29) is 18.0 Å². The number of aliphatic hydroxyl groups is 1. The van der Waals surface area contributed by atoms with Crippen molar-refractivity contribution in [2.45, 2.75) is 84.0 Å². The molecule has 0 bridgehead atoms. The maximum Gasteiger partial charge on any atom is 0.311 e. The molecule has 0 aromatic rings. The lowest BCUT2D eigenvalue weighted by molar-refractivity contribution is -0.271.